The summed E-state index contributed by atoms with van der Waals surface area (Å²) < 4.78 is 36.8. The second-order valence-electron chi connectivity index (χ2n) is 2.59. The Bertz CT molecular complexity index is 225. The van der Waals surface area contributed by atoms with Crippen molar-refractivity contribution in [2.45, 2.75) is 12.6 Å². The van der Waals surface area contributed by atoms with Crippen LogP contribution in [0.2, 0.25) is 0 Å². The number of rotatable bonds is 1. The lowest BCUT2D eigenvalue weighted by Crippen LogP contribution is -2.36. The third-order valence-corrected chi connectivity index (χ3v) is 1.75. The van der Waals surface area contributed by atoms with Crippen molar-refractivity contribution in [2.24, 2.45) is 5.41 Å². The Morgan fingerprint density at radius 2 is 1.75 bits per heavy atom. The maximum atomic E-state index is 12.3. The van der Waals surface area contributed by atoms with E-state index in [1.165, 1.54) is 12.2 Å². The Morgan fingerprint density at radius 1 is 1.25 bits per heavy atom. The first kappa shape index (κ1) is 9.03. The van der Waals surface area contributed by atoms with E-state index in [4.69, 9.17) is 0 Å². The van der Waals surface area contributed by atoms with Gasteiger partial charge in [-0.2, -0.15) is 13.2 Å². The number of hydrogen-bond acceptors (Lipinski definition) is 1. The zero-order chi connectivity index (χ0) is 9.24. The SMILES string of the molecule is O=CC1(C(F)(F)F)C=CCC=C1. The van der Waals surface area contributed by atoms with Crippen LogP contribution < -0.4 is 0 Å². The molecule has 0 amide bonds. The molecule has 0 aliphatic heterocycles. The van der Waals surface area contributed by atoms with E-state index in [9.17, 15) is 18.0 Å². The number of carbonyl (C=O) groups excluding carboxylic acids is 1. The molecule has 1 rings (SSSR count). The van der Waals surface area contributed by atoms with Crippen molar-refractivity contribution in [3.63, 3.8) is 0 Å². The molecule has 66 valence electrons. The Balaban J connectivity index is 3.05. The van der Waals surface area contributed by atoms with Crippen LogP contribution in [0.3, 0.4) is 0 Å². The first-order valence-electron chi connectivity index (χ1n) is 3.40. The average Bonchev–Trinajstić information content (AvgIpc) is 2.04. The molecule has 1 aliphatic rings. The van der Waals surface area contributed by atoms with Gasteiger partial charge in [0.05, 0.1) is 0 Å². The van der Waals surface area contributed by atoms with Crippen LogP contribution in [-0.2, 0) is 4.79 Å². The number of allylic oxidation sites excluding steroid dienone is 4. The molecule has 0 N–H and O–H groups in total. The summed E-state index contributed by atoms with van der Waals surface area (Å²) in [6.07, 6.45) is 0.288. The zero-order valence-corrected chi connectivity index (χ0v) is 6.14. The second kappa shape index (κ2) is 2.77. The molecule has 0 atom stereocenters. The fourth-order valence-electron chi connectivity index (χ4n) is 0.995. The minimum atomic E-state index is -4.53. The lowest BCUT2D eigenvalue weighted by atomic mass is 9.85. The standard InChI is InChI=1S/C8H7F3O/c9-8(10,11)7(6-12)4-2-1-3-5-7/h2-6H,1H2. The van der Waals surface area contributed by atoms with E-state index < -0.39 is 11.6 Å². The molecular formula is C8H7F3O. The molecule has 0 saturated heterocycles. The second-order valence-corrected chi connectivity index (χ2v) is 2.59. The molecule has 0 aromatic heterocycles. The van der Waals surface area contributed by atoms with Crippen molar-refractivity contribution in [3.05, 3.63) is 24.3 Å². The van der Waals surface area contributed by atoms with Gasteiger partial charge in [-0.25, -0.2) is 0 Å². The molecule has 12 heavy (non-hydrogen) atoms. The summed E-state index contributed by atoms with van der Waals surface area (Å²) in [5.41, 5.74) is -2.38. The molecule has 4 heteroatoms. The van der Waals surface area contributed by atoms with Crippen molar-refractivity contribution < 1.29 is 18.0 Å². The van der Waals surface area contributed by atoms with Crippen LogP contribution in [0.1, 0.15) is 6.42 Å². The minimum absolute atomic E-state index is 0.0842. The third kappa shape index (κ3) is 1.29. The maximum Gasteiger partial charge on any atom is 0.407 e. The summed E-state index contributed by atoms with van der Waals surface area (Å²) in [5, 5.41) is 0. The molecule has 0 bridgehead atoms. The molecule has 1 nitrogen and oxygen atoms in total. The molecular weight excluding hydrogens is 169 g/mol. The fourth-order valence-corrected chi connectivity index (χ4v) is 0.995. The summed E-state index contributed by atoms with van der Waals surface area (Å²) in [6.45, 7) is 0. The predicted octanol–water partition coefficient (Wildman–Crippen LogP) is 2.25. The number of hydrogen-bond donors (Lipinski definition) is 0. The van der Waals surface area contributed by atoms with Crippen LogP contribution >= 0.6 is 0 Å². The van der Waals surface area contributed by atoms with Crippen molar-refractivity contribution in [3.8, 4) is 0 Å². The molecule has 0 radical (unpaired) electrons. The molecule has 1 aliphatic carbocycles. The number of aldehydes is 1. The highest BCUT2D eigenvalue weighted by molar-refractivity contribution is 5.68. The highest BCUT2D eigenvalue weighted by Crippen LogP contribution is 2.40. The van der Waals surface area contributed by atoms with Gasteiger partial charge < -0.3 is 4.79 Å². The van der Waals surface area contributed by atoms with E-state index in [1.54, 1.807) is 0 Å². The summed E-state index contributed by atoms with van der Waals surface area (Å²) in [5.74, 6) is 0. The molecule has 0 fully saturated rings. The van der Waals surface area contributed by atoms with Gasteiger partial charge in [-0.1, -0.05) is 24.3 Å². The maximum absolute atomic E-state index is 12.3. The Labute approximate surface area is 67.6 Å². The van der Waals surface area contributed by atoms with Crippen molar-refractivity contribution in [1.82, 2.24) is 0 Å². The van der Waals surface area contributed by atoms with Crippen LogP contribution in [0.25, 0.3) is 0 Å². The van der Waals surface area contributed by atoms with E-state index in [1.807, 2.05) is 0 Å². The molecule has 0 unspecified atom stereocenters. The smallest absolute Gasteiger partial charge is 0.302 e. The third-order valence-electron chi connectivity index (χ3n) is 1.75. The van der Waals surface area contributed by atoms with Crippen LogP contribution in [0, 0.1) is 5.41 Å². The van der Waals surface area contributed by atoms with Gasteiger partial charge in [0.1, 0.15) is 6.29 Å². The Kier molecular flexibility index (Phi) is 2.08. The van der Waals surface area contributed by atoms with E-state index >= 15 is 0 Å². The van der Waals surface area contributed by atoms with Crippen LogP contribution in [0.5, 0.6) is 0 Å². The lowest BCUT2D eigenvalue weighted by Gasteiger charge is -2.25. The normalized spacial score (nSPS) is 20.9. The average molecular weight is 176 g/mol. The van der Waals surface area contributed by atoms with E-state index in [0.717, 1.165) is 12.2 Å². The number of carbonyl (C=O) groups is 1. The Hall–Kier alpha value is -1.06. The monoisotopic (exact) mass is 176 g/mol. The van der Waals surface area contributed by atoms with Crippen molar-refractivity contribution in [1.29, 1.82) is 0 Å². The number of halogens is 3. The molecule has 0 saturated carbocycles. The van der Waals surface area contributed by atoms with E-state index in [-0.39, 0.29) is 6.29 Å². The molecule has 0 aromatic rings. The van der Waals surface area contributed by atoms with E-state index in [0.29, 0.717) is 6.42 Å². The van der Waals surface area contributed by atoms with Gasteiger partial charge in [-0.3, -0.25) is 0 Å². The first-order chi connectivity index (χ1) is 5.52. The van der Waals surface area contributed by atoms with Gasteiger partial charge in [0.15, 0.2) is 5.41 Å². The summed E-state index contributed by atoms with van der Waals surface area (Å²) >= 11 is 0. The van der Waals surface area contributed by atoms with Crippen LogP contribution in [0.15, 0.2) is 24.3 Å². The van der Waals surface area contributed by atoms with Gasteiger partial charge in [0.2, 0.25) is 0 Å². The Morgan fingerprint density at radius 3 is 2.00 bits per heavy atom. The zero-order valence-electron chi connectivity index (χ0n) is 6.14. The molecule has 0 aromatic carbocycles. The fraction of sp³-hybridized carbons (Fsp3) is 0.375. The van der Waals surface area contributed by atoms with E-state index in [2.05, 4.69) is 0 Å². The topological polar surface area (TPSA) is 17.1 Å². The van der Waals surface area contributed by atoms with Gasteiger partial charge in [-0.15, -0.1) is 0 Å². The van der Waals surface area contributed by atoms with Gasteiger partial charge in [-0.05, 0) is 6.42 Å². The lowest BCUT2D eigenvalue weighted by molar-refractivity contribution is -0.186. The van der Waals surface area contributed by atoms with Crippen molar-refractivity contribution >= 4 is 6.29 Å². The quantitative estimate of drug-likeness (QED) is 0.442. The van der Waals surface area contributed by atoms with Gasteiger partial charge in [0, 0.05) is 0 Å². The van der Waals surface area contributed by atoms with Crippen molar-refractivity contribution in [2.75, 3.05) is 0 Å². The summed E-state index contributed by atoms with van der Waals surface area (Å²) in [7, 11) is 0. The summed E-state index contributed by atoms with van der Waals surface area (Å²) in [4.78, 5) is 10.3. The first-order valence-corrected chi connectivity index (χ1v) is 3.40. The van der Waals surface area contributed by atoms with Crippen LogP contribution in [-0.4, -0.2) is 12.5 Å². The van der Waals surface area contributed by atoms with Crippen LogP contribution in [0.4, 0.5) is 13.2 Å². The largest absolute Gasteiger partial charge is 0.407 e. The molecule has 0 heterocycles. The highest BCUT2D eigenvalue weighted by atomic mass is 19.4. The minimum Gasteiger partial charge on any atom is -0.302 e. The predicted molar refractivity (Wildman–Crippen MR) is 37.4 cm³/mol. The van der Waals surface area contributed by atoms with Gasteiger partial charge in [0.25, 0.3) is 0 Å². The highest BCUT2D eigenvalue weighted by Gasteiger charge is 2.51. The number of alkyl halides is 3. The summed E-state index contributed by atoms with van der Waals surface area (Å²) in [6, 6.07) is 0. The molecule has 0 spiro atoms. The van der Waals surface area contributed by atoms with Gasteiger partial charge >= 0.3 is 6.18 Å².